The first-order valence-electron chi connectivity index (χ1n) is 9.64. The lowest BCUT2D eigenvalue weighted by atomic mass is 9.99. The molecule has 1 aromatic heterocycles. The molecule has 1 fully saturated rings. The van der Waals surface area contributed by atoms with Gasteiger partial charge in [0.05, 0.1) is 12.2 Å². The molecule has 0 radical (unpaired) electrons. The van der Waals surface area contributed by atoms with E-state index in [-0.39, 0.29) is 24.0 Å². The number of nitrogens with zero attached hydrogens (tertiary/aromatic N) is 4. The highest BCUT2D eigenvalue weighted by Crippen LogP contribution is 2.21. The summed E-state index contributed by atoms with van der Waals surface area (Å²) in [6, 6.07) is 10.8. The highest BCUT2D eigenvalue weighted by atomic mass is 127. The first kappa shape index (κ1) is 21.7. The smallest absolute Gasteiger partial charge is 0.194 e. The third-order valence-electron chi connectivity index (χ3n) is 5.33. The van der Waals surface area contributed by atoms with Crippen molar-refractivity contribution in [1.82, 2.24) is 20.0 Å². The molecule has 1 aliphatic rings. The largest absolute Gasteiger partial charge is 0.357 e. The normalized spacial score (nSPS) is 17.1. The van der Waals surface area contributed by atoms with Crippen molar-refractivity contribution in [3.63, 3.8) is 0 Å². The van der Waals surface area contributed by atoms with E-state index in [0.29, 0.717) is 12.5 Å². The van der Waals surface area contributed by atoms with Gasteiger partial charge in [-0.2, -0.15) is 5.10 Å². The van der Waals surface area contributed by atoms with Crippen molar-refractivity contribution in [2.45, 2.75) is 40.2 Å². The lowest BCUT2D eigenvalue weighted by Gasteiger charge is -2.22. The van der Waals surface area contributed by atoms with Crippen LogP contribution < -0.4 is 5.32 Å². The second-order valence-corrected chi connectivity index (χ2v) is 7.23. The van der Waals surface area contributed by atoms with Crippen LogP contribution in [0.15, 0.2) is 35.3 Å². The van der Waals surface area contributed by atoms with E-state index >= 15 is 0 Å². The van der Waals surface area contributed by atoms with Crippen LogP contribution in [0.1, 0.15) is 35.9 Å². The van der Waals surface area contributed by atoms with E-state index in [4.69, 9.17) is 4.99 Å². The van der Waals surface area contributed by atoms with Gasteiger partial charge in [0.15, 0.2) is 5.96 Å². The Morgan fingerprint density at radius 2 is 2.00 bits per heavy atom. The molecule has 0 spiro atoms. The molecule has 6 heteroatoms. The van der Waals surface area contributed by atoms with Crippen molar-refractivity contribution in [3.8, 4) is 0 Å². The van der Waals surface area contributed by atoms with Crippen molar-refractivity contribution in [2.75, 3.05) is 19.6 Å². The fourth-order valence-corrected chi connectivity index (χ4v) is 3.77. The molecule has 1 aromatic carbocycles. The number of rotatable bonds is 5. The number of aliphatic imine (C=N–C) groups is 1. The molecule has 1 N–H and O–H groups in total. The van der Waals surface area contributed by atoms with Gasteiger partial charge in [-0.1, -0.05) is 30.3 Å². The predicted molar refractivity (Wildman–Crippen MR) is 123 cm³/mol. The van der Waals surface area contributed by atoms with Crippen LogP contribution in [0.5, 0.6) is 0 Å². The number of aromatic nitrogens is 2. The highest BCUT2D eigenvalue weighted by Gasteiger charge is 2.25. The highest BCUT2D eigenvalue weighted by molar-refractivity contribution is 14.0. The van der Waals surface area contributed by atoms with Crippen LogP contribution in [0.25, 0.3) is 0 Å². The third kappa shape index (κ3) is 5.46. The topological polar surface area (TPSA) is 45.5 Å². The van der Waals surface area contributed by atoms with Crippen molar-refractivity contribution in [3.05, 3.63) is 52.8 Å². The molecule has 3 rings (SSSR count). The van der Waals surface area contributed by atoms with Gasteiger partial charge in [0.1, 0.15) is 0 Å². The lowest BCUT2D eigenvalue weighted by Crippen LogP contribution is -2.40. The SMILES string of the molecule is CCNC(=NCc1c(C)nn(C)c1C)N1CCC(Cc2ccccc2)C1.I. The Bertz CT molecular complexity index is 753. The molecule has 1 atom stereocenters. The summed E-state index contributed by atoms with van der Waals surface area (Å²) in [5.74, 6) is 1.73. The van der Waals surface area contributed by atoms with E-state index in [9.17, 15) is 0 Å². The van der Waals surface area contributed by atoms with Crippen molar-refractivity contribution in [2.24, 2.45) is 18.0 Å². The number of hydrogen-bond acceptors (Lipinski definition) is 2. The van der Waals surface area contributed by atoms with Gasteiger partial charge in [0.2, 0.25) is 0 Å². The van der Waals surface area contributed by atoms with Crippen LogP contribution >= 0.6 is 24.0 Å². The Kier molecular flexibility index (Phi) is 8.13. The van der Waals surface area contributed by atoms with Crippen LogP contribution in [-0.2, 0) is 20.0 Å². The number of guanidine groups is 1. The Labute approximate surface area is 180 Å². The average Bonchev–Trinajstić information content (AvgIpc) is 3.18. The van der Waals surface area contributed by atoms with Gasteiger partial charge >= 0.3 is 0 Å². The standard InChI is InChI=1S/C21H31N5.HI/c1-5-22-21(23-14-20-16(2)24-25(4)17(20)3)26-12-11-19(15-26)13-18-9-7-6-8-10-18;/h6-10,19H,5,11-15H2,1-4H3,(H,22,23);1H. The fraction of sp³-hybridized carbons (Fsp3) is 0.524. The van der Waals surface area contributed by atoms with Crippen molar-refractivity contribution in [1.29, 1.82) is 0 Å². The molecule has 2 aromatic rings. The number of benzene rings is 1. The summed E-state index contributed by atoms with van der Waals surface area (Å²) in [5.41, 5.74) is 4.95. The van der Waals surface area contributed by atoms with Gasteiger partial charge in [-0.05, 0) is 45.1 Å². The molecule has 27 heavy (non-hydrogen) atoms. The molecule has 0 bridgehead atoms. The van der Waals surface area contributed by atoms with E-state index in [0.717, 1.165) is 37.7 Å². The van der Waals surface area contributed by atoms with Crippen LogP contribution in [0.4, 0.5) is 0 Å². The van der Waals surface area contributed by atoms with E-state index < -0.39 is 0 Å². The van der Waals surface area contributed by atoms with Crippen molar-refractivity contribution >= 4 is 29.9 Å². The molecule has 5 nitrogen and oxygen atoms in total. The zero-order chi connectivity index (χ0) is 18.5. The fourth-order valence-electron chi connectivity index (χ4n) is 3.77. The second kappa shape index (κ2) is 10.1. The van der Waals surface area contributed by atoms with Gasteiger partial charge < -0.3 is 10.2 Å². The monoisotopic (exact) mass is 481 g/mol. The summed E-state index contributed by atoms with van der Waals surface area (Å²) in [6.07, 6.45) is 2.38. The van der Waals surface area contributed by atoms with Crippen LogP contribution in [0.2, 0.25) is 0 Å². The number of likely N-dealkylation sites (tertiary alicyclic amines) is 1. The lowest BCUT2D eigenvalue weighted by molar-refractivity contribution is 0.460. The van der Waals surface area contributed by atoms with Crippen LogP contribution in [-0.4, -0.2) is 40.3 Å². The van der Waals surface area contributed by atoms with Gasteiger partial charge in [0.25, 0.3) is 0 Å². The third-order valence-corrected chi connectivity index (χ3v) is 5.33. The van der Waals surface area contributed by atoms with Gasteiger partial charge in [-0.3, -0.25) is 4.68 Å². The van der Waals surface area contributed by atoms with Gasteiger partial charge in [-0.25, -0.2) is 4.99 Å². The molecule has 0 aliphatic carbocycles. The summed E-state index contributed by atoms with van der Waals surface area (Å²) < 4.78 is 1.94. The Balaban J connectivity index is 0.00000261. The van der Waals surface area contributed by atoms with E-state index in [2.05, 4.69) is 66.4 Å². The Morgan fingerprint density at radius 3 is 2.63 bits per heavy atom. The second-order valence-electron chi connectivity index (χ2n) is 7.23. The first-order valence-corrected chi connectivity index (χ1v) is 9.64. The summed E-state index contributed by atoms with van der Waals surface area (Å²) in [4.78, 5) is 7.34. The van der Waals surface area contributed by atoms with E-state index in [1.54, 1.807) is 0 Å². The van der Waals surface area contributed by atoms with E-state index in [1.807, 2.05) is 11.7 Å². The molecule has 0 amide bonds. The quantitative estimate of drug-likeness (QED) is 0.403. The van der Waals surface area contributed by atoms with Gasteiger partial charge in [0, 0.05) is 37.9 Å². The maximum Gasteiger partial charge on any atom is 0.194 e. The number of aryl methyl sites for hydroxylation is 2. The van der Waals surface area contributed by atoms with Gasteiger partial charge in [-0.15, -0.1) is 24.0 Å². The molecule has 1 unspecified atom stereocenters. The molecule has 0 saturated carbocycles. The molecule has 1 saturated heterocycles. The Morgan fingerprint density at radius 1 is 1.26 bits per heavy atom. The summed E-state index contributed by atoms with van der Waals surface area (Å²) >= 11 is 0. The minimum absolute atomic E-state index is 0. The average molecular weight is 481 g/mol. The minimum Gasteiger partial charge on any atom is -0.357 e. The van der Waals surface area contributed by atoms with E-state index in [1.165, 1.54) is 23.2 Å². The van der Waals surface area contributed by atoms with Crippen LogP contribution in [0, 0.1) is 19.8 Å². The zero-order valence-electron chi connectivity index (χ0n) is 16.9. The maximum atomic E-state index is 4.92. The molecule has 2 heterocycles. The molecular weight excluding hydrogens is 449 g/mol. The number of hydrogen-bond donors (Lipinski definition) is 1. The summed E-state index contributed by atoms with van der Waals surface area (Å²) in [6.45, 7) is 10.0. The summed E-state index contributed by atoms with van der Waals surface area (Å²) in [7, 11) is 2.00. The zero-order valence-corrected chi connectivity index (χ0v) is 19.2. The summed E-state index contributed by atoms with van der Waals surface area (Å²) in [5, 5.41) is 7.98. The van der Waals surface area contributed by atoms with Crippen molar-refractivity contribution < 1.29 is 0 Å². The molecular formula is C21H32IN5. The molecule has 148 valence electrons. The van der Waals surface area contributed by atoms with Crippen LogP contribution in [0.3, 0.4) is 0 Å². The maximum absolute atomic E-state index is 4.92. The molecule has 1 aliphatic heterocycles. The first-order chi connectivity index (χ1) is 12.6. The predicted octanol–water partition coefficient (Wildman–Crippen LogP) is 3.69. The number of nitrogens with one attached hydrogen (secondary N) is 1. The Hall–Kier alpha value is -1.57. The number of halogens is 1. The minimum atomic E-state index is 0.